The van der Waals surface area contributed by atoms with Crippen molar-refractivity contribution in [3.8, 4) is 16.9 Å². The first-order chi connectivity index (χ1) is 11.9. The Hall–Kier alpha value is -2.76. The molecule has 0 bridgehead atoms. The third kappa shape index (κ3) is 3.84. The fraction of sp³-hybridized carbons (Fsp3) is 0. The van der Waals surface area contributed by atoms with E-state index in [0.29, 0.717) is 32.6 Å². The van der Waals surface area contributed by atoms with E-state index in [-0.39, 0.29) is 17.5 Å². The molecule has 5 nitrogen and oxygen atoms in total. The van der Waals surface area contributed by atoms with Gasteiger partial charge in [-0.15, -0.1) is 0 Å². The van der Waals surface area contributed by atoms with Crippen LogP contribution in [0.15, 0.2) is 54.6 Å². The topological polar surface area (TPSA) is 88.2 Å². The Balaban J connectivity index is 1.86. The van der Waals surface area contributed by atoms with Crippen LogP contribution in [0.25, 0.3) is 11.1 Å². The van der Waals surface area contributed by atoms with E-state index in [2.05, 4.69) is 10.3 Å². The van der Waals surface area contributed by atoms with E-state index >= 15 is 0 Å². The van der Waals surface area contributed by atoms with Gasteiger partial charge in [-0.1, -0.05) is 23.2 Å². The van der Waals surface area contributed by atoms with Crippen molar-refractivity contribution in [1.29, 1.82) is 0 Å². The number of nitrogen functional groups attached to an aromatic ring is 1. The molecular weight excluding hydrogens is 361 g/mol. The maximum absolute atomic E-state index is 12.2. The van der Waals surface area contributed by atoms with Gasteiger partial charge in [0.05, 0.1) is 0 Å². The molecule has 0 saturated carbocycles. The van der Waals surface area contributed by atoms with Gasteiger partial charge in [0.1, 0.15) is 17.4 Å². The molecule has 0 saturated heterocycles. The quantitative estimate of drug-likeness (QED) is 0.625. The van der Waals surface area contributed by atoms with Gasteiger partial charge in [0, 0.05) is 26.7 Å². The van der Waals surface area contributed by atoms with Crippen LogP contribution in [0.3, 0.4) is 0 Å². The Morgan fingerprint density at radius 1 is 1.00 bits per heavy atom. The zero-order valence-electron chi connectivity index (χ0n) is 12.8. The molecule has 1 aromatic heterocycles. The third-order valence-corrected chi connectivity index (χ3v) is 4.09. The SMILES string of the molecule is Nc1nc(NC(=O)c2ccc(Cl)cc2)ccc1-c1cc(O)ccc1Cl. The van der Waals surface area contributed by atoms with Crippen LogP contribution in [0.4, 0.5) is 11.6 Å². The Morgan fingerprint density at radius 2 is 1.72 bits per heavy atom. The van der Waals surface area contributed by atoms with Crippen LogP contribution in [-0.4, -0.2) is 16.0 Å². The number of aromatic hydroxyl groups is 1. The summed E-state index contributed by atoms with van der Waals surface area (Å²) in [6.45, 7) is 0. The van der Waals surface area contributed by atoms with Crippen molar-refractivity contribution in [2.45, 2.75) is 0 Å². The second-order valence-electron chi connectivity index (χ2n) is 5.25. The summed E-state index contributed by atoms with van der Waals surface area (Å²) in [5.74, 6) is 0.226. The molecule has 2 aromatic carbocycles. The van der Waals surface area contributed by atoms with Gasteiger partial charge in [0.15, 0.2) is 0 Å². The zero-order chi connectivity index (χ0) is 18.0. The molecule has 0 radical (unpaired) electrons. The summed E-state index contributed by atoms with van der Waals surface area (Å²) < 4.78 is 0. The lowest BCUT2D eigenvalue weighted by Gasteiger charge is -2.10. The number of pyridine rings is 1. The van der Waals surface area contributed by atoms with Crippen LogP contribution in [0.2, 0.25) is 10.0 Å². The Kier molecular flexibility index (Phi) is 4.79. The minimum atomic E-state index is -0.327. The molecule has 0 aliphatic rings. The number of anilines is 2. The standard InChI is InChI=1S/C18H13Cl2N3O2/c19-11-3-1-10(2-4-11)18(25)23-16-8-6-13(17(21)22-16)14-9-12(24)5-7-15(14)20/h1-9,24H,(H3,21,22,23,25). The fourth-order valence-electron chi connectivity index (χ4n) is 2.28. The molecular formula is C18H13Cl2N3O2. The van der Waals surface area contributed by atoms with Crippen molar-refractivity contribution in [1.82, 2.24) is 4.98 Å². The number of phenolic OH excluding ortho intramolecular Hbond substituents is 1. The molecule has 1 amide bonds. The second-order valence-corrected chi connectivity index (χ2v) is 6.10. The maximum atomic E-state index is 12.2. The first-order valence-electron chi connectivity index (χ1n) is 7.26. The molecule has 0 atom stereocenters. The number of nitrogens with zero attached hydrogens (tertiary/aromatic N) is 1. The Morgan fingerprint density at radius 3 is 2.40 bits per heavy atom. The van der Waals surface area contributed by atoms with Gasteiger partial charge in [0.25, 0.3) is 5.91 Å². The minimum Gasteiger partial charge on any atom is -0.508 e. The van der Waals surface area contributed by atoms with Crippen molar-refractivity contribution in [2.75, 3.05) is 11.1 Å². The van der Waals surface area contributed by atoms with Gasteiger partial charge in [-0.2, -0.15) is 0 Å². The van der Waals surface area contributed by atoms with Gasteiger partial charge in [-0.25, -0.2) is 4.98 Å². The lowest BCUT2D eigenvalue weighted by atomic mass is 10.1. The van der Waals surface area contributed by atoms with E-state index < -0.39 is 0 Å². The number of benzene rings is 2. The lowest BCUT2D eigenvalue weighted by Crippen LogP contribution is -2.13. The summed E-state index contributed by atoms with van der Waals surface area (Å²) in [5, 5.41) is 13.3. The summed E-state index contributed by atoms with van der Waals surface area (Å²) in [5.41, 5.74) is 7.55. The minimum absolute atomic E-state index is 0.0684. The number of halogens is 2. The highest BCUT2D eigenvalue weighted by Crippen LogP contribution is 2.34. The van der Waals surface area contributed by atoms with Gasteiger partial charge in [0.2, 0.25) is 0 Å². The summed E-state index contributed by atoms with van der Waals surface area (Å²) in [6.07, 6.45) is 0. The Bertz CT molecular complexity index is 944. The molecule has 4 N–H and O–H groups in total. The van der Waals surface area contributed by atoms with E-state index in [1.54, 1.807) is 42.5 Å². The third-order valence-electron chi connectivity index (χ3n) is 3.51. The van der Waals surface area contributed by atoms with E-state index in [9.17, 15) is 9.90 Å². The second kappa shape index (κ2) is 7.01. The predicted octanol–water partition coefficient (Wildman–Crippen LogP) is 4.60. The van der Waals surface area contributed by atoms with Crippen molar-refractivity contribution < 1.29 is 9.90 Å². The van der Waals surface area contributed by atoms with Crippen molar-refractivity contribution in [3.05, 3.63) is 70.2 Å². The van der Waals surface area contributed by atoms with Gasteiger partial charge >= 0.3 is 0 Å². The van der Waals surface area contributed by atoms with Crippen LogP contribution >= 0.6 is 23.2 Å². The maximum Gasteiger partial charge on any atom is 0.256 e. The highest BCUT2D eigenvalue weighted by molar-refractivity contribution is 6.33. The zero-order valence-corrected chi connectivity index (χ0v) is 14.3. The van der Waals surface area contributed by atoms with Crippen molar-refractivity contribution in [3.63, 3.8) is 0 Å². The molecule has 0 fully saturated rings. The fourth-order valence-corrected chi connectivity index (χ4v) is 2.63. The van der Waals surface area contributed by atoms with E-state index in [0.717, 1.165) is 0 Å². The molecule has 0 aliphatic heterocycles. The monoisotopic (exact) mass is 373 g/mol. The highest BCUT2D eigenvalue weighted by Gasteiger charge is 2.12. The number of carbonyl (C=O) groups is 1. The number of rotatable bonds is 3. The number of nitrogens with one attached hydrogen (secondary N) is 1. The number of phenols is 1. The van der Waals surface area contributed by atoms with Crippen LogP contribution in [0.1, 0.15) is 10.4 Å². The molecule has 1 heterocycles. The van der Waals surface area contributed by atoms with E-state index in [4.69, 9.17) is 28.9 Å². The molecule has 0 aliphatic carbocycles. The molecule has 3 rings (SSSR count). The molecule has 25 heavy (non-hydrogen) atoms. The van der Waals surface area contributed by atoms with Crippen LogP contribution in [0.5, 0.6) is 5.75 Å². The normalized spacial score (nSPS) is 10.5. The molecule has 126 valence electrons. The van der Waals surface area contributed by atoms with Crippen LogP contribution < -0.4 is 11.1 Å². The molecule has 7 heteroatoms. The summed E-state index contributed by atoms with van der Waals surface area (Å²) in [6, 6.07) is 14.3. The highest BCUT2D eigenvalue weighted by atomic mass is 35.5. The average Bonchev–Trinajstić information content (AvgIpc) is 2.58. The number of amides is 1. The number of hydrogen-bond acceptors (Lipinski definition) is 4. The molecule has 0 spiro atoms. The van der Waals surface area contributed by atoms with Gasteiger partial charge in [-0.3, -0.25) is 4.79 Å². The van der Waals surface area contributed by atoms with E-state index in [1.165, 1.54) is 12.1 Å². The summed E-state index contributed by atoms with van der Waals surface area (Å²) >= 11 is 12.0. The number of aromatic nitrogens is 1. The average molecular weight is 374 g/mol. The van der Waals surface area contributed by atoms with Crippen molar-refractivity contribution in [2.24, 2.45) is 0 Å². The number of hydrogen-bond donors (Lipinski definition) is 3. The number of nitrogens with two attached hydrogens (primary N) is 1. The molecule has 3 aromatic rings. The number of carbonyl (C=O) groups excluding carboxylic acids is 1. The largest absolute Gasteiger partial charge is 0.508 e. The van der Waals surface area contributed by atoms with Crippen molar-refractivity contribution >= 4 is 40.7 Å². The van der Waals surface area contributed by atoms with Gasteiger partial charge in [-0.05, 0) is 54.6 Å². The predicted molar refractivity (Wildman–Crippen MR) is 100 cm³/mol. The van der Waals surface area contributed by atoms with E-state index in [1.807, 2.05) is 0 Å². The summed E-state index contributed by atoms with van der Waals surface area (Å²) in [4.78, 5) is 16.4. The molecule has 0 unspecified atom stereocenters. The first kappa shape index (κ1) is 17.1. The Labute approximate surface area is 154 Å². The van der Waals surface area contributed by atoms with Crippen LogP contribution in [0, 0.1) is 0 Å². The smallest absolute Gasteiger partial charge is 0.256 e. The van der Waals surface area contributed by atoms with Gasteiger partial charge < -0.3 is 16.2 Å². The summed E-state index contributed by atoms with van der Waals surface area (Å²) in [7, 11) is 0. The lowest BCUT2D eigenvalue weighted by molar-refractivity contribution is 0.102. The first-order valence-corrected chi connectivity index (χ1v) is 8.02. The van der Waals surface area contributed by atoms with Crippen LogP contribution in [-0.2, 0) is 0 Å².